The van der Waals surface area contributed by atoms with E-state index >= 15 is 0 Å². The Labute approximate surface area is 376 Å². The molecule has 4 bridgehead atoms. The van der Waals surface area contributed by atoms with Gasteiger partial charge in [-0.2, -0.15) is 0 Å². The highest BCUT2D eigenvalue weighted by molar-refractivity contribution is 6.06. The summed E-state index contributed by atoms with van der Waals surface area (Å²) < 4.78 is 10.2. The van der Waals surface area contributed by atoms with E-state index in [1.54, 1.807) is 6.33 Å². The van der Waals surface area contributed by atoms with Gasteiger partial charge in [-0.05, 0) is 88.5 Å². The highest BCUT2D eigenvalue weighted by atomic mass is 16.5. The Hall–Kier alpha value is -6.90. The summed E-state index contributed by atoms with van der Waals surface area (Å²) in [5, 5.41) is 3.76. The third-order valence-electron chi connectivity index (χ3n) is 15.8. The van der Waals surface area contributed by atoms with Crippen LogP contribution in [0.5, 0.6) is 0 Å². The van der Waals surface area contributed by atoms with Gasteiger partial charge in [-0.15, -0.1) is 12.8 Å². The molecule has 5 fully saturated rings. The van der Waals surface area contributed by atoms with Gasteiger partial charge in [0, 0.05) is 80.7 Å². The summed E-state index contributed by atoms with van der Waals surface area (Å²) in [5.41, 5.74) is 28.3. The molecular weight excluding hydrogens is 809 g/mol. The second-order valence-corrected chi connectivity index (χ2v) is 19.1. The van der Waals surface area contributed by atoms with Gasteiger partial charge in [0.2, 0.25) is 0 Å². The summed E-state index contributed by atoms with van der Waals surface area (Å²) in [7, 11) is 0. The summed E-state index contributed by atoms with van der Waals surface area (Å²) in [5.74, 6) is 6.91. The molecule has 0 spiro atoms. The molecule has 0 amide bonds. The number of hydrogen-bond donors (Lipinski definition) is 3. The number of rotatable bonds is 5. The van der Waals surface area contributed by atoms with Crippen LogP contribution in [0, 0.1) is 24.7 Å². The Morgan fingerprint density at radius 2 is 1.03 bits per heavy atom. The van der Waals surface area contributed by atoms with Crippen LogP contribution in [0.1, 0.15) is 75.6 Å². The van der Waals surface area contributed by atoms with Gasteiger partial charge in [-0.3, -0.25) is 14.9 Å². The van der Waals surface area contributed by atoms with Crippen LogP contribution in [0.2, 0.25) is 0 Å². The first-order valence-electron chi connectivity index (χ1n) is 22.7. The number of nitrogens with zero attached hydrogens (tertiary/aromatic N) is 9. The number of fused-ring (bicyclic) bond motifs is 8. The molecule has 4 saturated carbocycles. The predicted octanol–water partition coefficient (Wildman–Crippen LogP) is 7.53. The fourth-order valence-electron chi connectivity index (χ4n) is 12.9. The highest BCUT2D eigenvalue weighted by Crippen LogP contribution is 2.60. The van der Waals surface area contributed by atoms with Crippen LogP contribution in [0.15, 0.2) is 85.7 Å². The molecule has 5 aliphatic rings. The first-order chi connectivity index (χ1) is 31.7. The number of anilines is 2. The number of terminal acetylenes is 2. The van der Waals surface area contributed by atoms with Crippen molar-refractivity contribution in [2.24, 2.45) is 5.73 Å². The first kappa shape index (κ1) is 39.7. The minimum absolute atomic E-state index is 0.0679. The van der Waals surface area contributed by atoms with Crippen molar-refractivity contribution in [3.05, 3.63) is 97.1 Å². The van der Waals surface area contributed by atoms with E-state index in [9.17, 15) is 0 Å². The van der Waals surface area contributed by atoms with Crippen LogP contribution in [-0.4, -0.2) is 81.3 Å². The Bertz CT molecular complexity index is 3310. The number of pyridine rings is 2. The molecule has 4 aliphatic carbocycles. The third kappa shape index (κ3) is 5.92. The Balaban J connectivity index is 0.000000138. The molecule has 6 N–H and O–H groups in total. The summed E-state index contributed by atoms with van der Waals surface area (Å²) in [6.45, 7) is 3.65. The molecule has 0 radical (unpaired) electrons. The van der Waals surface area contributed by atoms with Crippen LogP contribution >= 0.6 is 0 Å². The fourth-order valence-corrected chi connectivity index (χ4v) is 12.9. The Kier molecular flexibility index (Phi) is 8.89. The lowest BCUT2D eigenvalue weighted by Crippen LogP contribution is -2.51. The van der Waals surface area contributed by atoms with E-state index in [1.165, 1.54) is 19.2 Å². The lowest BCUT2D eigenvalue weighted by Gasteiger charge is -2.42. The lowest BCUT2D eigenvalue weighted by molar-refractivity contribution is -0.0192. The average molecular weight is 859 g/mol. The van der Waals surface area contributed by atoms with Crippen molar-refractivity contribution in [1.29, 1.82) is 0 Å². The van der Waals surface area contributed by atoms with Gasteiger partial charge < -0.3 is 31.1 Å². The number of nitrogen functional groups attached to an aromatic ring is 2. The molecule has 13 rings (SSSR count). The normalized spacial score (nSPS) is 25.9. The van der Waals surface area contributed by atoms with Crippen LogP contribution < -0.4 is 17.2 Å². The number of hydrogen-bond acceptors (Lipinski definition) is 11. The molecule has 8 aromatic rings. The molecule has 1 saturated heterocycles. The topological polar surface area (TPSA) is 178 Å². The minimum Gasteiger partial charge on any atom is -0.383 e. The monoisotopic (exact) mass is 858 g/mol. The van der Waals surface area contributed by atoms with E-state index in [-0.39, 0.29) is 22.2 Å². The summed E-state index contributed by atoms with van der Waals surface area (Å²) in [6.07, 6.45) is 29.8. The van der Waals surface area contributed by atoms with Gasteiger partial charge in [0.1, 0.15) is 47.0 Å². The van der Waals surface area contributed by atoms with Crippen molar-refractivity contribution in [1.82, 2.24) is 43.9 Å². The zero-order valence-corrected chi connectivity index (χ0v) is 36.3. The standard InChI is InChI=1S/C28H28N6O.C24H22N6/c1-2-22-23(20-15-19-5-3-4-6-21(19)30-16-20)24-25(29)31-18-32-26(24)34(22)28-9-7-27(17-28,8-10-28)33-11-13-35-14-12-33;1-2-18-19(16-11-15-5-3-4-6-17(15)27-12-16)20-21(25)28-14-29-22(20)30(18)24-9-7-23(26,13-24)8-10-24/h1,3-6,15-16,18H,7-14,17H2,(H2,29,31,32);1,3-6,11-12,14H,7-10,13,26H2,(H2,25,28,29). The second kappa shape index (κ2) is 14.6. The van der Waals surface area contributed by atoms with E-state index in [0.717, 1.165) is 155 Å². The molecule has 13 heteroatoms. The second-order valence-electron chi connectivity index (χ2n) is 19.1. The lowest BCUT2D eigenvalue weighted by atomic mass is 9.89. The maximum atomic E-state index is 6.64. The van der Waals surface area contributed by atoms with Gasteiger partial charge in [-0.25, -0.2) is 19.9 Å². The zero-order chi connectivity index (χ0) is 44.1. The van der Waals surface area contributed by atoms with Crippen molar-refractivity contribution < 1.29 is 4.74 Å². The molecule has 324 valence electrons. The predicted molar refractivity (Wildman–Crippen MR) is 255 cm³/mol. The first-order valence-corrected chi connectivity index (χ1v) is 22.7. The van der Waals surface area contributed by atoms with E-state index in [4.69, 9.17) is 44.8 Å². The minimum atomic E-state index is -0.113. The molecule has 0 atom stereocenters. The average Bonchev–Trinajstić information content (AvgIpc) is 4.20. The molecule has 2 aromatic carbocycles. The van der Waals surface area contributed by atoms with E-state index in [2.05, 4.69) is 70.1 Å². The number of ether oxygens (including phenoxy) is 1. The van der Waals surface area contributed by atoms with Crippen molar-refractivity contribution >= 4 is 55.5 Å². The molecule has 65 heavy (non-hydrogen) atoms. The molecule has 1 aliphatic heterocycles. The molecular formula is C52H50N12O. The van der Waals surface area contributed by atoms with Crippen molar-refractivity contribution in [3.8, 4) is 46.9 Å². The Morgan fingerprint density at radius 3 is 1.51 bits per heavy atom. The molecule has 7 heterocycles. The zero-order valence-electron chi connectivity index (χ0n) is 36.3. The Morgan fingerprint density at radius 1 is 0.569 bits per heavy atom. The van der Waals surface area contributed by atoms with Gasteiger partial charge in [0.15, 0.2) is 0 Å². The van der Waals surface area contributed by atoms with E-state index in [0.29, 0.717) is 11.6 Å². The summed E-state index contributed by atoms with van der Waals surface area (Å²) in [6, 6.07) is 20.4. The third-order valence-corrected chi connectivity index (χ3v) is 15.8. The van der Waals surface area contributed by atoms with Gasteiger partial charge in [0.05, 0.1) is 35.0 Å². The number of nitrogens with two attached hydrogens (primary N) is 3. The fraction of sp³-hybridized carbons (Fsp3) is 0.346. The molecule has 0 unspecified atom stereocenters. The van der Waals surface area contributed by atoms with E-state index < -0.39 is 0 Å². The smallest absolute Gasteiger partial charge is 0.147 e. The number of benzene rings is 2. The van der Waals surface area contributed by atoms with Crippen molar-refractivity contribution in [2.45, 2.75) is 86.4 Å². The van der Waals surface area contributed by atoms with Crippen LogP contribution in [0.4, 0.5) is 11.6 Å². The van der Waals surface area contributed by atoms with Crippen molar-refractivity contribution in [2.75, 3.05) is 37.8 Å². The number of morpholine rings is 1. The van der Waals surface area contributed by atoms with Gasteiger partial charge >= 0.3 is 0 Å². The maximum Gasteiger partial charge on any atom is 0.147 e. The molecule has 13 nitrogen and oxygen atoms in total. The maximum absolute atomic E-state index is 6.64. The van der Waals surface area contributed by atoms with Gasteiger partial charge in [-0.1, -0.05) is 48.2 Å². The van der Waals surface area contributed by atoms with E-state index in [1.807, 2.05) is 48.8 Å². The molecule has 6 aromatic heterocycles. The van der Waals surface area contributed by atoms with Crippen LogP contribution in [-0.2, 0) is 15.8 Å². The number of aromatic nitrogens is 8. The largest absolute Gasteiger partial charge is 0.383 e. The quantitative estimate of drug-likeness (QED) is 0.146. The SMILES string of the molecule is C#Cc1c(-c2cnc3ccccc3c2)c2c(N)ncnc2n1C12CCC(N)(CC1)C2.C#Cc1c(-c2cnc3ccccc3c2)c2c(N)ncnc2n1C12CCC(N3CCOCC3)(CC1)C2. The summed E-state index contributed by atoms with van der Waals surface area (Å²) >= 11 is 0. The highest BCUT2D eigenvalue weighted by Gasteiger charge is 2.59. The van der Waals surface area contributed by atoms with Crippen LogP contribution in [0.25, 0.3) is 66.1 Å². The summed E-state index contributed by atoms with van der Waals surface area (Å²) in [4.78, 5) is 30.1. The van der Waals surface area contributed by atoms with Crippen molar-refractivity contribution in [3.63, 3.8) is 0 Å². The van der Waals surface area contributed by atoms with Gasteiger partial charge in [0.25, 0.3) is 0 Å². The number of para-hydroxylation sites is 2. The van der Waals surface area contributed by atoms with Crippen LogP contribution in [0.3, 0.4) is 0 Å².